The van der Waals surface area contributed by atoms with Crippen LogP contribution in [0.2, 0.25) is 0 Å². The summed E-state index contributed by atoms with van der Waals surface area (Å²) in [5, 5.41) is 2.63. The lowest BCUT2D eigenvalue weighted by molar-refractivity contribution is -0.685. The molecule has 0 radical (unpaired) electrons. The zero-order valence-electron chi connectivity index (χ0n) is 14.7. The zero-order valence-corrected chi connectivity index (χ0v) is 16.9. The van der Waals surface area contributed by atoms with E-state index >= 15 is 0 Å². The molecule has 0 saturated carbocycles. The molecule has 0 aliphatic rings. The van der Waals surface area contributed by atoms with Crippen molar-refractivity contribution in [1.29, 1.82) is 0 Å². The summed E-state index contributed by atoms with van der Waals surface area (Å²) in [6.07, 6.45) is 3.29. The van der Waals surface area contributed by atoms with Crippen molar-refractivity contribution >= 4 is 23.5 Å². The van der Waals surface area contributed by atoms with Crippen molar-refractivity contribution in [1.82, 2.24) is 4.90 Å². The molecule has 0 aliphatic carbocycles. The number of nitrogens with zero attached hydrogens (tertiary/aromatic N) is 2. The van der Waals surface area contributed by atoms with Crippen LogP contribution in [0.1, 0.15) is 17.3 Å². The molecule has 1 N–H and O–H groups in total. The summed E-state index contributed by atoms with van der Waals surface area (Å²) in [7, 11) is 3.33. The van der Waals surface area contributed by atoms with Gasteiger partial charge in [-0.3, -0.25) is 9.59 Å². The quantitative estimate of drug-likeness (QED) is 0.244. The largest absolute Gasteiger partial charge is 1.00 e. The third-order valence-electron chi connectivity index (χ3n) is 3.23. The van der Waals surface area contributed by atoms with E-state index in [2.05, 4.69) is 5.32 Å². The van der Waals surface area contributed by atoms with Crippen molar-refractivity contribution in [3.63, 3.8) is 0 Å². The van der Waals surface area contributed by atoms with Gasteiger partial charge in [0.25, 0.3) is 5.91 Å². The first kappa shape index (κ1) is 21.6. The predicted molar refractivity (Wildman–Crippen MR) is 91.0 cm³/mol. The SMILES string of the molecule is CC(=O)Nc1ccc(OC(=O)C[n+]2cccc(C(=O)N(C)C)c2)cc1.[I-]. The number of carbonyl (C=O) groups is 3. The number of rotatable bonds is 5. The van der Waals surface area contributed by atoms with Gasteiger partial charge < -0.3 is 38.9 Å². The Kier molecular flexibility index (Phi) is 8.17. The predicted octanol–water partition coefficient (Wildman–Crippen LogP) is -1.76. The highest BCUT2D eigenvalue weighted by Gasteiger charge is 2.16. The first-order valence-corrected chi connectivity index (χ1v) is 7.64. The van der Waals surface area contributed by atoms with E-state index in [9.17, 15) is 14.4 Å². The number of pyridine rings is 1. The van der Waals surface area contributed by atoms with Crippen LogP contribution in [0, 0.1) is 0 Å². The number of anilines is 1. The van der Waals surface area contributed by atoms with E-state index in [1.54, 1.807) is 67.5 Å². The maximum atomic E-state index is 12.1. The van der Waals surface area contributed by atoms with Gasteiger partial charge in [0.05, 0.1) is 0 Å². The van der Waals surface area contributed by atoms with Crippen molar-refractivity contribution in [2.75, 3.05) is 19.4 Å². The molecular weight excluding hydrogens is 449 g/mol. The van der Waals surface area contributed by atoms with Gasteiger partial charge >= 0.3 is 5.97 Å². The van der Waals surface area contributed by atoms with Gasteiger partial charge in [0.1, 0.15) is 11.3 Å². The molecule has 138 valence electrons. The van der Waals surface area contributed by atoms with Crippen LogP contribution >= 0.6 is 0 Å². The Balaban J connectivity index is 0.00000338. The van der Waals surface area contributed by atoms with Crippen LogP contribution in [-0.2, 0) is 16.1 Å². The Labute approximate surface area is 169 Å². The van der Waals surface area contributed by atoms with E-state index in [1.807, 2.05) is 0 Å². The Morgan fingerprint density at radius 1 is 1.12 bits per heavy atom. The molecule has 1 aromatic heterocycles. The van der Waals surface area contributed by atoms with E-state index in [4.69, 9.17) is 4.74 Å². The standard InChI is InChI=1S/C18H19N3O4.HI/c1-13(22)19-15-6-8-16(9-7-15)25-17(23)12-21-10-4-5-14(11-21)18(24)20(2)3;/h4-11H,12H2,1-3H3;1H. The minimum atomic E-state index is -0.466. The van der Waals surface area contributed by atoms with Crippen molar-refractivity contribution in [2.45, 2.75) is 13.5 Å². The molecule has 0 unspecified atom stereocenters. The fourth-order valence-corrected chi connectivity index (χ4v) is 2.13. The third-order valence-corrected chi connectivity index (χ3v) is 3.23. The number of hydrogen-bond donors (Lipinski definition) is 1. The van der Waals surface area contributed by atoms with Gasteiger partial charge in [-0.25, -0.2) is 4.79 Å². The average Bonchev–Trinajstić information content (AvgIpc) is 2.55. The van der Waals surface area contributed by atoms with Gasteiger partial charge in [0, 0.05) is 32.8 Å². The summed E-state index contributed by atoms with van der Waals surface area (Å²) >= 11 is 0. The van der Waals surface area contributed by atoms with Gasteiger partial charge in [0.15, 0.2) is 12.4 Å². The highest BCUT2D eigenvalue weighted by Crippen LogP contribution is 2.15. The highest BCUT2D eigenvalue weighted by molar-refractivity contribution is 5.93. The Morgan fingerprint density at radius 2 is 1.77 bits per heavy atom. The summed E-state index contributed by atoms with van der Waals surface area (Å²) in [5.41, 5.74) is 1.11. The fourth-order valence-electron chi connectivity index (χ4n) is 2.13. The van der Waals surface area contributed by atoms with Crippen LogP contribution in [0.15, 0.2) is 48.8 Å². The monoisotopic (exact) mass is 469 g/mol. The number of halogens is 1. The number of ether oxygens (including phenoxy) is 1. The number of nitrogens with one attached hydrogen (secondary N) is 1. The van der Waals surface area contributed by atoms with Crippen molar-refractivity contribution in [3.05, 3.63) is 54.4 Å². The molecule has 0 saturated heterocycles. The lowest BCUT2D eigenvalue weighted by Crippen LogP contribution is -3.00. The normalized spacial score (nSPS) is 9.65. The van der Waals surface area contributed by atoms with E-state index in [0.29, 0.717) is 17.0 Å². The molecule has 0 spiro atoms. The van der Waals surface area contributed by atoms with Crippen molar-refractivity contribution in [3.8, 4) is 5.75 Å². The third kappa shape index (κ3) is 6.43. The minimum Gasteiger partial charge on any atom is -1.00 e. The number of aromatic nitrogens is 1. The van der Waals surface area contributed by atoms with Gasteiger partial charge in [0.2, 0.25) is 12.5 Å². The summed E-state index contributed by atoms with van der Waals surface area (Å²) in [5.74, 6) is -0.406. The molecule has 2 aromatic rings. The van der Waals surface area contributed by atoms with Crippen molar-refractivity contribution in [2.24, 2.45) is 0 Å². The fraction of sp³-hybridized carbons (Fsp3) is 0.222. The van der Waals surface area contributed by atoms with Gasteiger partial charge in [-0.1, -0.05) is 0 Å². The number of amides is 2. The molecule has 2 amide bonds. The second kappa shape index (κ2) is 9.85. The Morgan fingerprint density at radius 3 is 2.35 bits per heavy atom. The molecule has 8 heteroatoms. The number of carbonyl (C=O) groups excluding carboxylic acids is 3. The summed E-state index contributed by atoms with van der Waals surface area (Å²) in [4.78, 5) is 36.4. The van der Waals surface area contributed by atoms with Gasteiger partial charge in [-0.15, -0.1) is 0 Å². The van der Waals surface area contributed by atoms with Crippen LogP contribution < -0.4 is 38.6 Å². The first-order chi connectivity index (χ1) is 11.8. The van der Waals surface area contributed by atoms with E-state index in [-0.39, 0.29) is 42.3 Å². The van der Waals surface area contributed by atoms with E-state index < -0.39 is 5.97 Å². The van der Waals surface area contributed by atoms with E-state index in [1.165, 1.54) is 11.8 Å². The number of hydrogen-bond acceptors (Lipinski definition) is 4. The molecule has 2 rings (SSSR count). The lowest BCUT2D eigenvalue weighted by Gasteiger charge is -2.09. The van der Waals surface area contributed by atoms with Crippen LogP contribution in [-0.4, -0.2) is 36.8 Å². The molecular formula is C18H20IN3O4. The first-order valence-electron chi connectivity index (χ1n) is 7.64. The maximum Gasteiger partial charge on any atom is 0.378 e. The molecule has 0 bridgehead atoms. The molecule has 1 heterocycles. The smallest absolute Gasteiger partial charge is 0.378 e. The topological polar surface area (TPSA) is 79.6 Å². The van der Waals surface area contributed by atoms with Crippen LogP contribution in [0.4, 0.5) is 5.69 Å². The molecule has 26 heavy (non-hydrogen) atoms. The number of esters is 1. The molecule has 0 fully saturated rings. The molecule has 0 aliphatic heterocycles. The van der Waals surface area contributed by atoms with Crippen molar-refractivity contribution < 1.29 is 47.7 Å². The Hall–Kier alpha value is -2.49. The van der Waals surface area contributed by atoms with Crippen LogP contribution in [0.25, 0.3) is 0 Å². The minimum absolute atomic E-state index is 0. The summed E-state index contributed by atoms with van der Waals surface area (Å²) in [6, 6.07) is 9.87. The number of benzene rings is 1. The summed E-state index contributed by atoms with van der Waals surface area (Å²) < 4.78 is 6.85. The second-order valence-corrected chi connectivity index (χ2v) is 5.64. The molecule has 1 aromatic carbocycles. The van der Waals surface area contributed by atoms with Gasteiger partial charge in [-0.05, 0) is 30.3 Å². The van der Waals surface area contributed by atoms with Crippen LogP contribution in [0.3, 0.4) is 0 Å². The molecule has 7 nitrogen and oxygen atoms in total. The van der Waals surface area contributed by atoms with E-state index in [0.717, 1.165) is 0 Å². The molecule has 0 atom stereocenters. The maximum absolute atomic E-state index is 12.1. The zero-order chi connectivity index (χ0) is 18.4. The lowest BCUT2D eigenvalue weighted by atomic mass is 10.2. The Bertz CT molecular complexity index is 791. The summed E-state index contributed by atoms with van der Waals surface area (Å²) in [6.45, 7) is 1.39. The van der Waals surface area contributed by atoms with Crippen LogP contribution in [0.5, 0.6) is 5.75 Å². The van der Waals surface area contributed by atoms with Gasteiger partial charge in [-0.2, -0.15) is 4.57 Å². The average molecular weight is 469 g/mol. The highest BCUT2D eigenvalue weighted by atomic mass is 127. The second-order valence-electron chi connectivity index (χ2n) is 5.64.